The number of carbonyl (C=O) groups excluding carboxylic acids is 2. The van der Waals surface area contributed by atoms with E-state index in [0.29, 0.717) is 10.6 Å². The Kier molecular flexibility index (Phi) is 8.79. The highest BCUT2D eigenvalue weighted by molar-refractivity contribution is 7.99. The van der Waals surface area contributed by atoms with E-state index in [1.165, 1.54) is 18.9 Å². The maximum atomic E-state index is 13.1. The lowest BCUT2D eigenvalue weighted by Gasteiger charge is -2.26. The SMILES string of the molecule is COC(=O)C(=O)[C@H](CSc1ccccc1)[C@@H](NS(=O)c1ccc(C)cc1)c1ccccc1. The van der Waals surface area contributed by atoms with Gasteiger partial charge in [0.1, 0.15) is 11.0 Å². The largest absolute Gasteiger partial charge is 0.463 e. The second kappa shape index (κ2) is 11.8. The molecule has 3 rings (SSSR count). The lowest BCUT2D eigenvalue weighted by molar-refractivity contribution is -0.153. The summed E-state index contributed by atoms with van der Waals surface area (Å²) in [7, 11) is -0.395. The number of esters is 1. The van der Waals surface area contributed by atoms with Crippen molar-refractivity contribution in [2.45, 2.75) is 22.8 Å². The van der Waals surface area contributed by atoms with E-state index in [4.69, 9.17) is 4.74 Å². The first-order chi connectivity index (χ1) is 15.5. The minimum absolute atomic E-state index is 0.315. The molecule has 32 heavy (non-hydrogen) atoms. The summed E-state index contributed by atoms with van der Waals surface area (Å²) in [5.74, 6) is -2.04. The van der Waals surface area contributed by atoms with Crippen molar-refractivity contribution in [3.63, 3.8) is 0 Å². The van der Waals surface area contributed by atoms with Crippen LogP contribution >= 0.6 is 11.8 Å². The third-order valence-electron chi connectivity index (χ3n) is 4.93. The smallest absolute Gasteiger partial charge is 0.374 e. The molecule has 0 aliphatic rings. The highest BCUT2D eigenvalue weighted by Gasteiger charge is 2.35. The summed E-state index contributed by atoms with van der Waals surface area (Å²) >= 11 is 1.47. The van der Waals surface area contributed by atoms with Crippen molar-refractivity contribution in [1.82, 2.24) is 4.72 Å². The van der Waals surface area contributed by atoms with E-state index >= 15 is 0 Å². The van der Waals surface area contributed by atoms with Crippen LogP contribution in [-0.2, 0) is 25.3 Å². The number of methoxy groups -OCH3 is 1. The summed E-state index contributed by atoms with van der Waals surface area (Å²) in [5, 5.41) is 0. The van der Waals surface area contributed by atoms with E-state index in [0.717, 1.165) is 16.0 Å². The molecule has 0 saturated carbocycles. The molecule has 5 nitrogen and oxygen atoms in total. The summed E-state index contributed by atoms with van der Waals surface area (Å²) in [5.41, 5.74) is 1.83. The van der Waals surface area contributed by atoms with E-state index in [2.05, 4.69) is 4.72 Å². The molecule has 0 heterocycles. The van der Waals surface area contributed by atoms with Gasteiger partial charge in [-0.2, -0.15) is 0 Å². The van der Waals surface area contributed by atoms with Gasteiger partial charge in [-0.05, 0) is 36.8 Å². The molecule has 3 aromatic carbocycles. The predicted molar refractivity (Wildman–Crippen MR) is 128 cm³/mol. The average molecular weight is 468 g/mol. The molecule has 7 heteroatoms. The van der Waals surface area contributed by atoms with Gasteiger partial charge in [-0.3, -0.25) is 4.79 Å². The Morgan fingerprint density at radius 3 is 2.12 bits per heavy atom. The van der Waals surface area contributed by atoms with E-state index in [1.807, 2.05) is 79.7 Å². The van der Waals surface area contributed by atoms with Crippen LogP contribution < -0.4 is 4.72 Å². The van der Waals surface area contributed by atoms with Crippen LogP contribution in [0, 0.1) is 12.8 Å². The van der Waals surface area contributed by atoms with E-state index < -0.39 is 34.7 Å². The van der Waals surface area contributed by atoms with Crippen LogP contribution in [0.2, 0.25) is 0 Å². The number of rotatable bonds is 10. The van der Waals surface area contributed by atoms with Crippen LogP contribution in [0.1, 0.15) is 17.2 Å². The van der Waals surface area contributed by atoms with Crippen molar-refractivity contribution in [3.05, 3.63) is 96.1 Å². The first kappa shape index (κ1) is 23.9. The summed E-state index contributed by atoms with van der Waals surface area (Å²) in [6, 6.07) is 25.6. The molecule has 0 bridgehead atoms. The molecular weight excluding hydrogens is 442 g/mol. The zero-order chi connectivity index (χ0) is 22.9. The van der Waals surface area contributed by atoms with Crippen LogP contribution in [0.5, 0.6) is 0 Å². The van der Waals surface area contributed by atoms with E-state index in [1.54, 1.807) is 12.1 Å². The molecule has 1 unspecified atom stereocenters. The highest BCUT2D eigenvalue weighted by Crippen LogP contribution is 2.31. The molecule has 0 aliphatic heterocycles. The first-order valence-electron chi connectivity index (χ1n) is 10.1. The summed E-state index contributed by atoms with van der Waals surface area (Å²) in [6.45, 7) is 1.96. The number of ketones is 1. The summed E-state index contributed by atoms with van der Waals surface area (Å²) in [6.07, 6.45) is 0. The molecule has 0 fully saturated rings. The van der Waals surface area contributed by atoms with Crippen LogP contribution in [0.25, 0.3) is 0 Å². The summed E-state index contributed by atoms with van der Waals surface area (Å²) < 4.78 is 21.0. The van der Waals surface area contributed by atoms with Crippen molar-refractivity contribution in [1.29, 1.82) is 0 Å². The minimum atomic E-state index is -1.59. The molecule has 166 valence electrons. The van der Waals surface area contributed by atoms with E-state index in [9.17, 15) is 13.8 Å². The van der Waals surface area contributed by atoms with Gasteiger partial charge in [0.05, 0.1) is 24.0 Å². The molecule has 0 aromatic heterocycles. The van der Waals surface area contributed by atoms with Crippen LogP contribution in [0.4, 0.5) is 0 Å². The van der Waals surface area contributed by atoms with Crippen LogP contribution in [0.3, 0.4) is 0 Å². The number of carbonyl (C=O) groups is 2. The number of hydrogen-bond acceptors (Lipinski definition) is 5. The zero-order valence-corrected chi connectivity index (χ0v) is 19.5. The minimum Gasteiger partial charge on any atom is -0.463 e. The van der Waals surface area contributed by atoms with Crippen LogP contribution in [-0.4, -0.2) is 28.8 Å². The summed E-state index contributed by atoms with van der Waals surface area (Å²) in [4.78, 5) is 26.8. The number of ether oxygens (including phenoxy) is 1. The number of hydrogen-bond donors (Lipinski definition) is 1. The van der Waals surface area contributed by atoms with Gasteiger partial charge in [0.25, 0.3) is 0 Å². The van der Waals surface area contributed by atoms with Gasteiger partial charge in [0.2, 0.25) is 5.78 Å². The molecule has 0 amide bonds. The number of Topliss-reactive ketones (excluding diaryl/α,β-unsaturated/α-hetero) is 1. The Balaban J connectivity index is 1.94. The fraction of sp³-hybridized carbons (Fsp3) is 0.200. The molecule has 0 radical (unpaired) electrons. The lowest BCUT2D eigenvalue weighted by Crippen LogP contribution is -2.39. The van der Waals surface area contributed by atoms with Gasteiger partial charge in [0.15, 0.2) is 0 Å². The topological polar surface area (TPSA) is 72.5 Å². The standard InChI is InChI=1S/C25H25NO4S2/c1-18-13-15-21(16-14-18)32(29)26-23(19-9-5-3-6-10-19)22(24(27)25(28)30-2)17-31-20-11-7-4-8-12-20/h3-16,22-23,26H,17H2,1-2H3/t22-,23+,32?/m1/s1. The van der Waals surface area contributed by atoms with Gasteiger partial charge in [0, 0.05) is 10.6 Å². The average Bonchev–Trinajstić information content (AvgIpc) is 2.84. The number of nitrogens with one attached hydrogen (secondary N) is 1. The fourth-order valence-electron chi connectivity index (χ4n) is 3.17. The van der Waals surface area contributed by atoms with Gasteiger partial charge in [-0.1, -0.05) is 66.2 Å². The molecule has 0 spiro atoms. The normalized spacial score (nSPS) is 13.7. The van der Waals surface area contributed by atoms with Gasteiger partial charge in [-0.25, -0.2) is 13.7 Å². The number of benzene rings is 3. The first-order valence-corrected chi connectivity index (χ1v) is 12.2. The van der Waals surface area contributed by atoms with Crippen molar-refractivity contribution in [2.24, 2.45) is 5.92 Å². The van der Waals surface area contributed by atoms with Gasteiger partial charge < -0.3 is 4.74 Å². The third-order valence-corrected chi connectivity index (χ3v) is 7.23. The lowest BCUT2D eigenvalue weighted by atomic mass is 9.91. The van der Waals surface area contributed by atoms with Crippen molar-refractivity contribution in [3.8, 4) is 0 Å². The Morgan fingerprint density at radius 2 is 1.53 bits per heavy atom. The fourth-order valence-corrected chi connectivity index (χ4v) is 5.28. The van der Waals surface area contributed by atoms with Gasteiger partial charge >= 0.3 is 5.97 Å². The van der Waals surface area contributed by atoms with Crippen molar-refractivity contribution < 1.29 is 18.5 Å². The molecule has 3 aromatic rings. The Morgan fingerprint density at radius 1 is 0.938 bits per heavy atom. The predicted octanol–water partition coefficient (Wildman–Crippen LogP) is 4.50. The second-order valence-electron chi connectivity index (χ2n) is 7.17. The highest BCUT2D eigenvalue weighted by atomic mass is 32.2. The second-order valence-corrected chi connectivity index (χ2v) is 9.51. The Hall–Kier alpha value is -2.74. The molecule has 0 aliphatic carbocycles. The zero-order valence-electron chi connectivity index (χ0n) is 17.9. The Bertz CT molecular complexity index is 1060. The molecule has 3 atom stereocenters. The number of aryl methyl sites for hydroxylation is 1. The molecule has 0 saturated heterocycles. The van der Waals surface area contributed by atoms with Crippen molar-refractivity contribution >= 4 is 34.5 Å². The number of thioether (sulfide) groups is 1. The quantitative estimate of drug-likeness (QED) is 0.270. The van der Waals surface area contributed by atoms with Crippen LogP contribution in [0.15, 0.2) is 94.7 Å². The van der Waals surface area contributed by atoms with E-state index in [-0.39, 0.29) is 0 Å². The Labute approximate surface area is 195 Å². The monoisotopic (exact) mass is 467 g/mol. The molecule has 1 N–H and O–H groups in total. The maximum absolute atomic E-state index is 13.1. The van der Waals surface area contributed by atoms with Gasteiger partial charge in [-0.15, -0.1) is 11.8 Å². The molecular formula is C25H25NO4S2. The maximum Gasteiger partial charge on any atom is 0.374 e. The van der Waals surface area contributed by atoms with Crippen molar-refractivity contribution in [2.75, 3.05) is 12.9 Å². The third kappa shape index (κ3) is 6.38.